The number of carbonyl (C=O) groups excluding carboxylic acids is 6. The molecule has 1 unspecified atom stereocenters. The van der Waals surface area contributed by atoms with Crippen molar-refractivity contribution >= 4 is 70.7 Å². The Labute approximate surface area is 744 Å². The molecule has 14 rings (SSSR count). The summed E-state index contributed by atoms with van der Waals surface area (Å²) in [6.07, 6.45) is -19.9. The summed E-state index contributed by atoms with van der Waals surface area (Å²) in [6.45, 7) is 1.22. The molecule has 0 radical (unpaired) electrons. The number of nitro groups is 1. The number of aliphatic hydroxyl groups is 8. The number of fused-ring (bicyclic) bond motifs is 6. The lowest BCUT2D eigenvalue weighted by atomic mass is 9.93. The highest BCUT2D eigenvalue weighted by atomic mass is 16.7. The van der Waals surface area contributed by atoms with Gasteiger partial charge >= 0.3 is 35.9 Å². The fourth-order valence-electron chi connectivity index (χ4n) is 17.3. The van der Waals surface area contributed by atoms with Crippen LogP contribution in [0.25, 0.3) is 0 Å². The van der Waals surface area contributed by atoms with E-state index in [1.807, 2.05) is 12.1 Å². The van der Waals surface area contributed by atoms with E-state index in [2.05, 4.69) is 22.5 Å². The van der Waals surface area contributed by atoms with Crippen molar-refractivity contribution in [1.29, 1.82) is 0 Å². The van der Waals surface area contributed by atoms with Crippen molar-refractivity contribution in [3.8, 4) is 46.3 Å². The van der Waals surface area contributed by atoms with E-state index < -0.39 is 163 Å². The first kappa shape index (κ1) is 94.6. The van der Waals surface area contributed by atoms with Gasteiger partial charge in [-0.15, -0.1) is 11.8 Å². The van der Waals surface area contributed by atoms with Crippen molar-refractivity contribution in [2.24, 2.45) is 23.2 Å². The molecule has 3 saturated heterocycles. The molecule has 5 aromatic rings. The number of anilines is 3. The molecule has 5 aromatic carbocycles. The zero-order chi connectivity index (χ0) is 92.2. The van der Waals surface area contributed by atoms with Crippen LogP contribution in [0.1, 0.15) is 114 Å². The molecule has 0 bridgehead atoms. The average molecular weight is 1820 g/mol. The summed E-state index contributed by atoms with van der Waals surface area (Å²) in [7, 11) is 2.70. The number of rotatable bonds is 39. The minimum Gasteiger partial charge on any atom is -0.493 e. The van der Waals surface area contributed by atoms with E-state index >= 15 is 0 Å². The number of aliphatic hydroxyl groups excluding tert-OH is 8. The van der Waals surface area contributed by atoms with E-state index in [1.54, 1.807) is 12.1 Å². The molecule has 702 valence electrons. The van der Waals surface area contributed by atoms with E-state index in [9.17, 15) is 99.5 Å². The monoisotopic (exact) mass is 1820 g/mol. The Balaban J connectivity index is 0.592. The lowest BCUT2D eigenvalue weighted by Crippen LogP contribution is -2.61. The van der Waals surface area contributed by atoms with Gasteiger partial charge in [0.1, 0.15) is 55.6 Å². The summed E-state index contributed by atoms with van der Waals surface area (Å²) in [5, 5.41) is 125. The predicted molar refractivity (Wildman–Crippen MR) is 445 cm³/mol. The number of hydrogen-bond donors (Lipinski definition) is 12. The summed E-state index contributed by atoms with van der Waals surface area (Å²) in [5.74, 6) is 2.25. The second kappa shape index (κ2) is 42.6. The first-order valence-corrected chi connectivity index (χ1v) is 42.9. The van der Waals surface area contributed by atoms with Crippen LogP contribution in [0.5, 0.6) is 34.5 Å². The van der Waals surface area contributed by atoms with Gasteiger partial charge in [0.15, 0.2) is 53.4 Å². The summed E-state index contributed by atoms with van der Waals surface area (Å²) < 4.78 is 85.6. The first-order chi connectivity index (χ1) is 62.6. The number of aliphatic carboxylic acids is 2. The van der Waals surface area contributed by atoms with Crippen molar-refractivity contribution in [2.45, 2.75) is 183 Å². The van der Waals surface area contributed by atoms with Gasteiger partial charge in [0.2, 0.25) is 18.5 Å². The molecule has 12 N–H and O–H groups in total. The van der Waals surface area contributed by atoms with Gasteiger partial charge < -0.3 is 143 Å². The molecule has 17 atom stereocenters. The largest absolute Gasteiger partial charge is 0.493 e. The molecular formula is C88H105N7O35. The minimum absolute atomic E-state index is 0.00261. The number of carboxylic acid groups (broad SMARTS) is 2. The maximum absolute atomic E-state index is 14.9. The highest BCUT2D eigenvalue weighted by Crippen LogP contribution is 2.58. The van der Waals surface area contributed by atoms with Gasteiger partial charge in [0, 0.05) is 50.7 Å². The van der Waals surface area contributed by atoms with E-state index in [-0.39, 0.29) is 165 Å². The quantitative estimate of drug-likeness (QED) is 0.00873. The smallest absolute Gasteiger partial charge is 0.416 e. The van der Waals surface area contributed by atoms with Crippen LogP contribution in [0.15, 0.2) is 84.9 Å². The normalized spacial score (nSPS) is 26.0. The molecule has 6 amide bonds. The van der Waals surface area contributed by atoms with E-state index in [0.717, 1.165) is 71.6 Å². The molecule has 6 aliphatic heterocycles. The third-order valence-electron chi connectivity index (χ3n) is 24.5. The van der Waals surface area contributed by atoms with Crippen molar-refractivity contribution in [3.63, 3.8) is 0 Å². The number of amides is 6. The fraction of sp³-hybridized carbons (Fsp3) is 0.545. The third-order valence-corrected chi connectivity index (χ3v) is 24.5. The minimum atomic E-state index is -2.09. The van der Waals surface area contributed by atoms with Crippen LogP contribution in [0.3, 0.4) is 0 Å². The van der Waals surface area contributed by atoms with Crippen molar-refractivity contribution in [1.82, 2.24) is 15.1 Å². The maximum Gasteiger partial charge on any atom is 0.416 e. The lowest BCUT2D eigenvalue weighted by molar-refractivity contribution is -0.387. The number of benzene rings is 5. The molecule has 42 nitrogen and oxygen atoms in total. The summed E-state index contributed by atoms with van der Waals surface area (Å²) in [5.41, 5.74) is 0.216. The van der Waals surface area contributed by atoms with Crippen LogP contribution in [-0.4, -0.2) is 300 Å². The summed E-state index contributed by atoms with van der Waals surface area (Å²) in [6, 6.07) is 18.0. The summed E-state index contributed by atoms with van der Waals surface area (Å²) >= 11 is 0. The Hall–Kier alpha value is -11.5. The summed E-state index contributed by atoms with van der Waals surface area (Å²) in [4.78, 5) is 125. The predicted octanol–water partition coefficient (Wildman–Crippen LogP) is 3.86. The zero-order valence-corrected chi connectivity index (χ0v) is 71.1. The SMILES string of the molecule is COc1cc2c(cc1OCCCCCOc1cc3c(cc1OC)C(=O)N1CC4(CC4)C[C@H]1[C@H](O)N3C(=O)OCc1ccc(O[C@@H]3O[C@H](C(=O)O)[C@@H](O)[C@H](O)[C@H]3O)c(NC(=O)CCOCCOCCOCCOCCNC(=O)OCC3[C@H]4CCC#CCC[C@@H]34)c1)N(C(=O)OCc1ccc(O[C@@H]3O[C@H](C(=O)O)[C@@H](O)[C@H](O)[C@H]3O)c([N+](=O)[O-])c1)[C@@H](O)[C@@H]1Cc3ccccc3CN1C2=O. The molecule has 42 heteroatoms. The van der Waals surface area contributed by atoms with Crippen LogP contribution in [0.4, 0.5) is 37.1 Å². The van der Waals surface area contributed by atoms with Crippen LogP contribution in [0.2, 0.25) is 0 Å². The Morgan fingerprint density at radius 1 is 0.554 bits per heavy atom. The number of nitrogens with zero attached hydrogens (tertiary/aromatic N) is 5. The Morgan fingerprint density at radius 3 is 1.60 bits per heavy atom. The van der Waals surface area contributed by atoms with Gasteiger partial charge in [-0.1, -0.05) is 36.4 Å². The number of unbranched alkanes of at least 4 members (excludes halogenated alkanes) is 2. The number of alkyl carbamates (subject to hydrolysis) is 1. The lowest BCUT2D eigenvalue weighted by Gasteiger charge is -2.39. The van der Waals surface area contributed by atoms with Crippen LogP contribution in [-0.2, 0) is 83.2 Å². The maximum atomic E-state index is 14.9. The number of nitro benzene ring substituents is 1. The molecular weight excluding hydrogens is 1710 g/mol. The molecule has 130 heavy (non-hydrogen) atoms. The molecule has 2 saturated carbocycles. The van der Waals surface area contributed by atoms with Gasteiger partial charge in [-0.2, -0.15) is 0 Å². The molecule has 9 aliphatic rings. The van der Waals surface area contributed by atoms with Crippen LogP contribution < -0.4 is 48.9 Å². The number of hydrogen-bond acceptors (Lipinski definition) is 33. The number of methoxy groups -OCH3 is 2. The van der Waals surface area contributed by atoms with E-state index in [4.69, 9.17) is 71.1 Å². The standard InChI is InChI=1S/C88H105N7O35/c1-116-64-37-53-57(93(79(105)60-36-49-12-8-9-13-50(49)42-91(60)77(53)103)86(112)126-44-48-17-19-63(59(35-48)95(114)115)128-84-74(102)70(98)72(100)76(130-84)82(109)110)39-66(64)122-24-10-5-11-25-123-67-40-58-54(38-65(67)117-2)78(104)92-46-88(21-22-88)41-61(92)80(106)94(58)87(113)125-43-47-16-18-62(127-83-73(101)69(97)71(99)75(129-83)81(107)108)56(34-47)90-68(96)20-26-118-28-30-120-32-33-121-31-29-119-27-23-89-85(111)124-45-55-51-14-6-3-4-7-15-52(51)55/h8-9,12-13,16-19,34-35,37-40,51-52,55,60-61,69-76,79-80,83-84,97-102,105-106H,5-7,10-11,14-15,20-33,36,41-46H2,1-2H3,(H,89,111)(H,90,96)(H,107,108)(H,109,110)/t51-,52+,55?,60-,61-,69-,70-,71-,72-,73+,74+,75-,76-,79-,80-,83+,84+/m0/s1. The van der Waals surface area contributed by atoms with Crippen molar-refractivity contribution in [3.05, 3.63) is 128 Å². The van der Waals surface area contributed by atoms with Gasteiger partial charge in [-0.25, -0.2) is 33.8 Å². The molecule has 0 aromatic heterocycles. The second-order valence-corrected chi connectivity index (χ2v) is 32.9. The number of carboxylic acids is 2. The van der Waals surface area contributed by atoms with Gasteiger partial charge in [0.25, 0.3) is 11.8 Å². The third kappa shape index (κ3) is 21.9. The van der Waals surface area contributed by atoms with E-state index in [1.165, 1.54) is 72.6 Å². The van der Waals surface area contributed by atoms with Gasteiger partial charge in [-0.05, 0) is 134 Å². The van der Waals surface area contributed by atoms with Gasteiger partial charge in [0.05, 0.1) is 139 Å². The molecule has 1 spiro atoms. The van der Waals surface area contributed by atoms with Gasteiger partial charge in [-0.3, -0.25) is 24.5 Å². The molecule has 3 aliphatic carbocycles. The molecule has 5 fully saturated rings. The van der Waals surface area contributed by atoms with Crippen molar-refractivity contribution in [2.75, 3.05) is 115 Å². The number of ether oxygens (including phenoxy) is 15. The van der Waals surface area contributed by atoms with Crippen molar-refractivity contribution < 1.29 is 165 Å². The Bertz CT molecular complexity index is 4990. The Kier molecular flexibility index (Phi) is 31.0. The molecule has 6 heterocycles. The topological polar surface area (TPSA) is 557 Å². The Morgan fingerprint density at radius 2 is 1.06 bits per heavy atom. The number of nitrogens with one attached hydrogen (secondary N) is 2. The van der Waals surface area contributed by atoms with E-state index in [0.29, 0.717) is 56.6 Å². The highest BCUT2D eigenvalue weighted by molar-refractivity contribution is 6.07. The fourth-order valence-corrected chi connectivity index (χ4v) is 17.3. The highest BCUT2D eigenvalue weighted by Gasteiger charge is 2.59. The first-order valence-electron chi connectivity index (χ1n) is 42.9. The second-order valence-electron chi connectivity index (χ2n) is 32.9. The zero-order valence-electron chi connectivity index (χ0n) is 71.1. The number of carbonyl (C=O) groups is 8. The average Bonchev–Trinajstić information content (AvgIpc) is 1.55. The van der Waals surface area contributed by atoms with Crippen LogP contribution in [0, 0.1) is 45.1 Å². The van der Waals surface area contributed by atoms with Crippen LogP contribution >= 0.6 is 0 Å².